The zero-order chi connectivity index (χ0) is 32.4. The van der Waals surface area contributed by atoms with Crippen LogP contribution in [0.4, 0.5) is 26.3 Å². The van der Waals surface area contributed by atoms with Gasteiger partial charge in [0, 0.05) is 19.5 Å². The van der Waals surface area contributed by atoms with Crippen LogP contribution in [-0.4, -0.2) is 90.5 Å². The van der Waals surface area contributed by atoms with E-state index >= 15 is 0 Å². The lowest BCUT2D eigenvalue weighted by molar-refractivity contribution is -0.193. The van der Waals surface area contributed by atoms with Crippen LogP contribution in [0.2, 0.25) is 0 Å². The second-order valence-electron chi connectivity index (χ2n) is 10.6. The fourth-order valence-electron chi connectivity index (χ4n) is 5.16. The molecule has 4 rings (SSSR count). The second-order valence-corrected chi connectivity index (χ2v) is 10.6. The second kappa shape index (κ2) is 15.2. The predicted molar refractivity (Wildman–Crippen MR) is 142 cm³/mol. The number of carbonyl (C=O) groups is 3. The molecule has 1 aromatic carbocycles. The van der Waals surface area contributed by atoms with E-state index < -0.39 is 24.3 Å². The first-order chi connectivity index (χ1) is 19.9. The number of hydrogen-bond donors (Lipinski definition) is 3. The summed E-state index contributed by atoms with van der Waals surface area (Å²) in [5, 5.41) is 17.3. The van der Waals surface area contributed by atoms with Gasteiger partial charge in [0.2, 0.25) is 5.91 Å². The van der Waals surface area contributed by atoms with Gasteiger partial charge in [0.1, 0.15) is 5.76 Å². The molecule has 0 bridgehead atoms. The van der Waals surface area contributed by atoms with E-state index in [1.54, 1.807) is 6.26 Å². The Balaban J connectivity index is 0.000000384. The van der Waals surface area contributed by atoms with Crippen molar-refractivity contribution >= 4 is 17.8 Å². The molecule has 15 heteroatoms. The minimum absolute atomic E-state index is 0.180. The first-order valence-electron chi connectivity index (χ1n) is 13.3. The molecular formula is C28H35F6N3O6. The Morgan fingerprint density at radius 1 is 0.977 bits per heavy atom. The number of likely N-dealkylation sites (N-methyl/N-ethyl adjacent to an activating group) is 1. The zero-order valence-corrected chi connectivity index (χ0v) is 23.7. The van der Waals surface area contributed by atoms with Crippen molar-refractivity contribution in [2.24, 2.45) is 0 Å². The third kappa shape index (κ3) is 11.2. The number of furan rings is 1. The molecule has 1 amide bonds. The number of likely N-dealkylation sites (tertiary alicyclic amines) is 1. The van der Waals surface area contributed by atoms with Crippen LogP contribution in [0, 0.1) is 0 Å². The maximum absolute atomic E-state index is 12.5. The number of carboxylic acids is 2. The molecule has 1 saturated heterocycles. The Labute approximate surface area is 244 Å². The number of fused-ring (bicyclic) bond motifs is 2. The van der Waals surface area contributed by atoms with Crippen molar-refractivity contribution in [3.05, 3.63) is 59.5 Å². The third-order valence-electron chi connectivity index (χ3n) is 7.18. The number of piperidine rings is 1. The number of carbonyl (C=O) groups excluding carboxylic acids is 1. The Morgan fingerprint density at radius 3 is 2.02 bits per heavy atom. The van der Waals surface area contributed by atoms with Gasteiger partial charge in [-0.25, -0.2) is 9.59 Å². The zero-order valence-electron chi connectivity index (χ0n) is 23.7. The molecule has 2 heterocycles. The van der Waals surface area contributed by atoms with E-state index in [1.165, 1.54) is 11.1 Å². The van der Waals surface area contributed by atoms with Gasteiger partial charge in [-0.2, -0.15) is 26.3 Å². The number of halogens is 6. The quantitative estimate of drug-likeness (QED) is 0.382. The van der Waals surface area contributed by atoms with Gasteiger partial charge in [-0.15, -0.1) is 0 Å². The van der Waals surface area contributed by atoms with Gasteiger partial charge in [0.05, 0.1) is 12.8 Å². The molecule has 1 unspecified atom stereocenters. The van der Waals surface area contributed by atoms with Crippen molar-refractivity contribution in [1.29, 1.82) is 0 Å². The molecule has 1 atom stereocenters. The van der Waals surface area contributed by atoms with Gasteiger partial charge in [-0.1, -0.05) is 24.3 Å². The molecule has 1 fully saturated rings. The predicted octanol–water partition coefficient (Wildman–Crippen LogP) is 4.64. The number of hydrogen-bond acceptors (Lipinski definition) is 6. The highest BCUT2D eigenvalue weighted by Gasteiger charge is 2.45. The summed E-state index contributed by atoms with van der Waals surface area (Å²) in [5.41, 5.74) is 3.11. The van der Waals surface area contributed by atoms with Crippen LogP contribution in [0.15, 0.2) is 47.1 Å². The van der Waals surface area contributed by atoms with Gasteiger partial charge in [-0.05, 0) is 81.0 Å². The van der Waals surface area contributed by atoms with Crippen molar-refractivity contribution in [3.8, 4) is 0 Å². The van der Waals surface area contributed by atoms with Gasteiger partial charge < -0.3 is 24.8 Å². The van der Waals surface area contributed by atoms with Gasteiger partial charge in [0.15, 0.2) is 0 Å². The number of benzene rings is 1. The maximum atomic E-state index is 12.5. The van der Waals surface area contributed by atoms with E-state index in [0.29, 0.717) is 18.9 Å². The molecule has 0 saturated carbocycles. The molecule has 3 N–H and O–H groups in total. The Morgan fingerprint density at radius 2 is 1.53 bits per heavy atom. The number of alkyl halides is 6. The molecule has 9 nitrogen and oxygen atoms in total. The average Bonchev–Trinajstić information content (AvgIpc) is 3.52. The summed E-state index contributed by atoms with van der Waals surface area (Å²) in [5.74, 6) is -3.96. The lowest BCUT2D eigenvalue weighted by atomic mass is 9.73. The van der Waals surface area contributed by atoms with Crippen LogP contribution in [0.1, 0.15) is 48.5 Å². The Hall–Kier alpha value is -3.59. The van der Waals surface area contributed by atoms with Crippen molar-refractivity contribution < 1.29 is 55.4 Å². The van der Waals surface area contributed by atoms with Crippen molar-refractivity contribution in [1.82, 2.24) is 15.1 Å². The molecule has 1 aromatic heterocycles. The van der Waals surface area contributed by atoms with Crippen LogP contribution < -0.4 is 5.32 Å². The average molecular weight is 624 g/mol. The van der Waals surface area contributed by atoms with Crippen LogP contribution in [0.25, 0.3) is 0 Å². The largest absolute Gasteiger partial charge is 0.490 e. The topological polar surface area (TPSA) is 123 Å². The number of nitrogens with zero attached hydrogens (tertiary/aromatic N) is 2. The number of rotatable bonds is 7. The molecule has 43 heavy (non-hydrogen) atoms. The Bertz CT molecular complexity index is 1170. The highest BCUT2D eigenvalue weighted by atomic mass is 19.4. The minimum atomic E-state index is -5.08. The molecular weight excluding hydrogens is 588 g/mol. The highest BCUT2D eigenvalue weighted by Crippen LogP contribution is 2.52. The van der Waals surface area contributed by atoms with Gasteiger partial charge >= 0.3 is 24.3 Å². The van der Waals surface area contributed by atoms with E-state index in [4.69, 9.17) is 24.2 Å². The lowest BCUT2D eigenvalue weighted by Gasteiger charge is -2.40. The lowest BCUT2D eigenvalue weighted by Crippen LogP contribution is -2.41. The summed E-state index contributed by atoms with van der Waals surface area (Å²) in [6.45, 7) is 4.64. The van der Waals surface area contributed by atoms with E-state index in [-0.39, 0.29) is 11.3 Å². The van der Waals surface area contributed by atoms with Crippen LogP contribution in [-0.2, 0) is 26.3 Å². The fourth-order valence-corrected chi connectivity index (χ4v) is 5.16. The summed E-state index contributed by atoms with van der Waals surface area (Å²) in [6.07, 6.45) is -4.40. The summed E-state index contributed by atoms with van der Waals surface area (Å²) < 4.78 is 69.0. The summed E-state index contributed by atoms with van der Waals surface area (Å²) >= 11 is 0. The van der Waals surface area contributed by atoms with E-state index in [9.17, 15) is 31.1 Å². The van der Waals surface area contributed by atoms with E-state index in [0.717, 1.165) is 51.2 Å². The standard InChI is InChI=1S/C24H33N3O2.2C2HF3O2/c1-26(2)14-11-25-23(28)16-19-17-24(22-8-4-3-7-21(19)22)9-12-27(13-10-24)18-20-6-5-15-29-20;2*3-2(4,5)1(6)7/h3-8,15,19H,9-14,16-18H2,1-2H3,(H,25,28);2*(H,6,7). The number of nitrogens with one attached hydrogen (secondary N) is 1. The first-order valence-corrected chi connectivity index (χ1v) is 13.3. The van der Waals surface area contributed by atoms with Crippen molar-refractivity contribution in [2.45, 2.75) is 55.9 Å². The molecule has 1 spiro atoms. The normalized spacial score (nSPS) is 17.7. The molecule has 2 aliphatic rings. The monoisotopic (exact) mass is 623 g/mol. The number of aliphatic carboxylic acids is 2. The fraction of sp³-hybridized carbons (Fsp3) is 0.536. The maximum Gasteiger partial charge on any atom is 0.490 e. The van der Waals surface area contributed by atoms with Crippen LogP contribution in [0.3, 0.4) is 0 Å². The smallest absolute Gasteiger partial charge is 0.475 e. The number of amides is 1. The van der Waals surface area contributed by atoms with Crippen molar-refractivity contribution in [2.75, 3.05) is 40.3 Å². The van der Waals surface area contributed by atoms with Crippen LogP contribution in [0.5, 0.6) is 0 Å². The van der Waals surface area contributed by atoms with E-state index in [2.05, 4.69) is 45.4 Å². The van der Waals surface area contributed by atoms with Gasteiger partial charge in [-0.3, -0.25) is 9.69 Å². The van der Waals surface area contributed by atoms with Gasteiger partial charge in [0.25, 0.3) is 0 Å². The molecule has 1 aliphatic carbocycles. The van der Waals surface area contributed by atoms with E-state index in [1.807, 2.05) is 20.2 Å². The SMILES string of the molecule is CN(C)CCNC(=O)CC1CC2(CCN(Cc3ccco3)CC2)c2ccccc21.O=C(O)C(F)(F)F.O=C(O)C(F)(F)F. The molecule has 0 radical (unpaired) electrons. The summed E-state index contributed by atoms with van der Waals surface area (Å²) in [7, 11) is 4.06. The summed E-state index contributed by atoms with van der Waals surface area (Å²) in [6, 6.07) is 12.9. The summed E-state index contributed by atoms with van der Waals surface area (Å²) in [4.78, 5) is 34.9. The molecule has 2 aromatic rings. The molecule has 240 valence electrons. The molecule has 1 aliphatic heterocycles. The number of carboxylic acid groups (broad SMARTS) is 2. The first kappa shape index (κ1) is 35.6. The minimum Gasteiger partial charge on any atom is -0.475 e. The highest BCUT2D eigenvalue weighted by molar-refractivity contribution is 5.77. The third-order valence-corrected chi connectivity index (χ3v) is 7.18. The van der Waals surface area contributed by atoms with Crippen LogP contribution >= 0.6 is 0 Å². The Kier molecular flexibility index (Phi) is 12.6. The van der Waals surface area contributed by atoms with Crippen molar-refractivity contribution in [3.63, 3.8) is 0 Å².